The first-order valence-corrected chi connectivity index (χ1v) is 9.35. The summed E-state index contributed by atoms with van der Waals surface area (Å²) in [5.74, 6) is 0. The number of allylic oxidation sites excluding steroid dienone is 4. The molecule has 130 valence electrons. The average Bonchev–Trinajstić information content (AvgIpc) is 3.18. The number of nitrogens with zero attached hydrogens (tertiary/aromatic N) is 2. The molecule has 2 aliphatic heterocycles. The highest BCUT2D eigenvalue weighted by Crippen LogP contribution is 2.18. The van der Waals surface area contributed by atoms with Crippen molar-refractivity contribution in [2.75, 3.05) is 31.1 Å². The molecule has 0 spiro atoms. The van der Waals surface area contributed by atoms with Crippen molar-refractivity contribution in [1.82, 2.24) is 4.90 Å². The summed E-state index contributed by atoms with van der Waals surface area (Å²) < 4.78 is 0. The standard InChI is InChI=1S/C12H19N.C10H13N/c1-3-8-12(9-4-2)13-10-6-5-7-11-13;1-2-6-10(7-3-1)11-8-4-5-9-11/h3-4,8-9H,1,5-7,10-11H2,2H3;1-3,6-7H,4-5,8-9H2/b9-4-,12-8+;. The van der Waals surface area contributed by atoms with Crippen LogP contribution in [0.2, 0.25) is 0 Å². The topological polar surface area (TPSA) is 6.48 Å². The van der Waals surface area contributed by atoms with Crippen LogP contribution in [0.25, 0.3) is 0 Å². The van der Waals surface area contributed by atoms with Crippen molar-refractivity contribution in [3.05, 3.63) is 66.9 Å². The Kier molecular flexibility index (Phi) is 8.23. The second-order valence-corrected chi connectivity index (χ2v) is 6.40. The third-order valence-electron chi connectivity index (χ3n) is 4.57. The summed E-state index contributed by atoms with van der Waals surface area (Å²) in [7, 11) is 0. The maximum Gasteiger partial charge on any atom is 0.0366 e. The van der Waals surface area contributed by atoms with Crippen LogP contribution in [0.15, 0.2) is 66.9 Å². The molecule has 2 heterocycles. The Labute approximate surface area is 148 Å². The smallest absolute Gasteiger partial charge is 0.0366 e. The van der Waals surface area contributed by atoms with Crippen LogP contribution in [-0.4, -0.2) is 31.1 Å². The van der Waals surface area contributed by atoms with Crippen LogP contribution in [0.4, 0.5) is 5.69 Å². The minimum absolute atomic E-state index is 1.20. The van der Waals surface area contributed by atoms with Gasteiger partial charge in [-0.05, 0) is 63.3 Å². The Morgan fingerprint density at radius 2 is 1.54 bits per heavy atom. The molecule has 3 rings (SSSR count). The molecule has 2 saturated heterocycles. The number of anilines is 1. The van der Waals surface area contributed by atoms with Crippen LogP contribution >= 0.6 is 0 Å². The van der Waals surface area contributed by atoms with Crippen LogP contribution in [0.1, 0.15) is 39.0 Å². The van der Waals surface area contributed by atoms with Crippen LogP contribution < -0.4 is 4.90 Å². The van der Waals surface area contributed by atoms with Gasteiger partial charge in [0, 0.05) is 37.6 Å². The number of hydrogen-bond donors (Lipinski definition) is 0. The van der Waals surface area contributed by atoms with E-state index in [-0.39, 0.29) is 0 Å². The van der Waals surface area contributed by atoms with E-state index in [9.17, 15) is 0 Å². The van der Waals surface area contributed by atoms with Crippen LogP contribution in [-0.2, 0) is 0 Å². The molecule has 0 atom stereocenters. The molecule has 24 heavy (non-hydrogen) atoms. The number of benzene rings is 1. The highest BCUT2D eigenvalue weighted by atomic mass is 15.1. The van der Waals surface area contributed by atoms with Gasteiger partial charge in [-0.2, -0.15) is 0 Å². The van der Waals surface area contributed by atoms with Crippen LogP contribution in [0.3, 0.4) is 0 Å². The lowest BCUT2D eigenvalue weighted by molar-refractivity contribution is 0.293. The van der Waals surface area contributed by atoms with Crippen molar-refractivity contribution in [3.8, 4) is 0 Å². The molecule has 0 saturated carbocycles. The molecular formula is C22H32N2. The number of likely N-dealkylation sites (tertiary alicyclic amines) is 1. The Morgan fingerprint density at radius 1 is 0.917 bits per heavy atom. The maximum atomic E-state index is 3.74. The van der Waals surface area contributed by atoms with E-state index in [4.69, 9.17) is 0 Å². The SMILES string of the molecule is C=C/C=C(\C=C/C)N1CCCCC1.c1ccc(N2CCCC2)cc1. The molecule has 0 radical (unpaired) electrons. The molecular weight excluding hydrogens is 292 g/mol. The zero-order valence-corrected chi connectivity index (χ0v) is 15.2. The molecule has 0 aromatic heterocycles. The van der Waals surface area contributed by atoms with Crippen molar-refractivity contribution >= 4 is 5.69 Å². The molecule has 0 aliphatic carbocycles. The van der Waals surface area contributed by atoms with E-state index in [1.165, 1.54) is 69.7 Å². The van der Waals surface area contributed by atoms with Crippen molar-refractivity contribution < 1.29 is 0 Å². The van der Waals surface area contributed by atoms with Crippen LogP contribution in [0.5, 0.6) is 0 Å². The predicted octanol–water partition coefficient (Wildman–Crippen LogP) is 5.41. The number of para-hydroxylation sites is 1. The van der Waals surface area contributed by atoms with E-state index < -0.39 is 0 Å². The summed E-state index contributed by atoms with van der Waals surface area (Å²) in [6, 6.07) is 10.7. The second kappa shape index (κ2) is 10.7. The van der Waals surface area contributed by atoms with Gasteiger partial charge in [0.2, 0.25) is 0 Å². The monoisotopic (exact) mass is 324 g/mol. The van der Waals surface area contributed by atoms with E-state index in [1.807, 2.05) is 6.08 Å². The van der Waals surface area contributed by atoms with Gasteiger partial charge in [-0.25, -0.2) is 0 Å². The largest absolute Gasteiger partial charge is 0.372 e. The predicted molar refractivity (Wildman–Crippen MR) is 106 cm³/mol. The third kappa shape index (κ3) is 5.92. The minimum Gasteiger partial charge on any atom is -0.372 e. The van der Waals surface area contributed by atoms with E-state index >= 15 is 0 Å². The van der Waals surface area contributed by atoms with Gasteiger partial charge in [-0.1, -0.05) is 36.9 Å². The zero-order chi connectivity index (χ0) is 17.0. The molecule has 1 aromatic carbocycles. The number of rotatable bonds is 4. The van der Waals surface area contributed by atoms with Crippen molar-refractivity contribution in [2.45, 2.75) is 39.0 Å². The zero-order valence-electron chi connectivity index (χ0n) is 15.2. The van der Waals surface area contributed by atoms with Crippen LogP contribution in [0, 0.1) is 0 Å². The highest BCUT2D eigenvalue weighted by molar-refractivity contribution is 5.46. The molecule has 2 nitrogen and oxygen atoms in total. The fraction of sp³-hybridized carbons (Fsp3) is 0.455. The van der Waals surface area contributed by atoms with Gasteiger partial charge in [-0.3, -0.25) is 0 Å². The van der Waals surface area contributed by atoms with Gasteiger partial charge < -0.3 is 9.80 Å². The summed E-state index contributed by atoms with van der Waals surface area (Å²) in [5, 5.41) is 0. The Morgan fingerprint density at radius 3 is 2.12 bits per heavy atom. The van der Waals surface area contributed by atoms with Crippen molar-refractivity contribution in [3.63, 3.8) is 0 Å². The first kappa shape index (κ1) is 18.4. The van der Waals surface area contributed by atoms with Gasteiger partial charge >= 0.3 is 0 Å². The molecule has 0 bridgehead atoms. The van der Waals surface area contributed by atoms with E-state index in [0.717, 1.165) is 0 Å². The molecule has 2 aliphatic rings. The summed E-state index contributed by atoms with van der Waals surface area (Å²) in [6.07, 6.45) is 14.9. The minimum atomic E-state index is 1.20. The highest BCUT2D eigenvalue weighted by Gasteiger charge is 2.11. The summed E-state index contributed by atoms with van der Waals surface area (Å²) in [6.45, 7) is 10.7. The van der Waals surface area contributed by atoms with E-state index in [2.05, 4.69) is 71.9 Å². The van der Waals surface area contributed by atoms with Gasteiger partial charge in [0.05, 0.1) is 0 Å². The number of hydrogen-bond acceptors (Lipinski definition) is 2. The summed E-state index contributed by atoms with van der Waals surface area (Å²) in [5.41, 5.74) is 2.68. The lowest BCUT2D eigenvalue weighted by atomic mass is 10.1. The summed E-state index contributed by atoms with van der Waals surface area (Å²) in [4.78, 5) is 4.88. The van der Waals surface area contributed by atoms with Gasteiger partial charge in [0.1, 0.15) is 0 Å². The fourth-order valence-electron chi connectivity index (χ4n) is 3.32. The second-order valence-electron chi connectivity index (χ2n) is 6.40. The normalized spacial score (nSPS) is 18.5. The first-order valence-electron chi connectivity index (χ1n) is 9.35. The Balaban J connectivity index is 0.000000175. The average molecular weight is 325 g/mol. The van der Waals surface area contributed by atoms with Gasteiger partial charge in [0.15, 0.2) is 0 Å². The Bertz CT molecular complexity index is 518. The Hall–Kier alpha value is -1.96. The molecule has 0 N–H and O–H groups in total. The molecule has 2 heteroatoms. The quantitative estimate of drug-likeness (QED) is 0.684. The number of piperidine rings is 1. The van der Waals surface area contributed by atoms with E-state index in [1.54, 1.807) is 0 Å². The maximum absolute atomic E-state index is 3.74. The lowest BCUT2D eigenvalue weighted by Crippen LogP contribution is -2.28. The summed E-state index contributed by atoms with van der Waals surface area (Å²) >= 11 is 0. The molecule has 0 amide bonds. The first-order chi connectivity index (χ1) is 11.8. The van der Waals surface area contributed by atoms with Crippen molar-refractivity contribution in [2.24, 2.45) is 0 Å². The van der Waals surface area contributed by atoms with Gasteiger partial charge in [-0.15, -0.1) is 0 Å². The molecule has 2 fully saturated rings. The molecule has 1 aromatic rings. The molecule has 0 unspecified atom stereocenters. The lowest BCUT2D eigenvalue weighted by Gasteiger charge is -2.29. The van der Waals surface area contributed by atoms with Gasteiger partial charge in [0.25, 0.3) is 0 Å². The third-order valence-corrected chi connectivity index (χ3v) is 4.57. The fourth-order valence-corrected chi connectivity index (χ4v) is 3.32. The van der Waals surface area contributed by atoms with Crippen molar-refractivity contribution in [1.29, 1.82) is 0 Å². The van der Waals surface area contributed by atoms with E-state index in [0.29, 0.717) is 0 Å².